The van der Waals surface area contributed by atoms with Gasteiger partial charge in [0.25, 0.3) is 0 Å². The van der Waals surface area contributed by atoms with Crippen molar-refractivity contribution in [3.8, 4) is 0 Å². The fraction of sp³-hybridized carbons (Fsp3) is 0.833. The maximum atomic E-state index is 11.7. The molecule has 0 aliphatic carbocycles. The van der Waals surface area contributed by atoms with Crippen LogP contribution in [0.25, 0.3) is 0 Å². The van der Waals surface area contributed by atoms with Crippen molar-refractivity contribution < 1.29 is 19.4 Å². The van der Waals surface area contributed by atoms with Gasteiger partial charge >= 0.3 is 5.97 Å². The van der Waals surface area contributed by atoms with E-state index in [1.165, 1.54) is 11.8 Å². The van der Waals surface area contributed by atoms with Gasteiger partial charge in [0.1, 0.15) is 0 Å². The number of hydrogen-bond acceptors (Lipinski definition) is 4. The number of esters is 1. The summed E-state index contributed by atoms with van der Waals surface area (Å²) in [7, 11) is 3.35. The van der Waals surface area contributed by atoms with E-state index >= 15 is 0 Å². The molecule has 1 heterocycles. The Morgan fingerprint density at radius 1 is 1.41 bits per heavy atom. The van der Waals surface area contributed by atoms with Crippen LogP contribution < -0.4 is 0 Å². The summed E-state index contributed by atoms with van der Waals surface area (Å²) in [5, 5.41) is 10.00. The van der Waals surface area contributed by atoms with Crippen molar-refractivity contribution in [1.29, 1.82) is 0 Å². The minimum atomic E-state index is -1.46. The second-order valence-corrected chi connectivity index (χ2v) is 5.51. The first kappa shape index (κ1) is 14.0. The number of carbonyl (C=O) groups is 2. The van der Waals surface area contributed by atoms with Gasteiger partial charge in [-0.05, 0) is 6.42 Å². The lowest BCUT2D eigenvalue weighted by Crippen LogP contribution is -2.41. The molecule has 0 bridgehead atoms. The molecule has 0 saturated carbocycles. The summed E-state index contributed by atoms with van der Waals surface area (Å²) in [6.45, 7) is 5.05. The standard InChI is InChI=1S/C12H21NO4/c1-11(2)8(6-7-9(14)13(4)5)10(15)17-12(11,3)16/h8,16H,6-7H2,1-5H3. The average molecular weight is 243 g/mol. The Bertz CT molecular complexity index is 333. The van der Waals surface area contributed by atoms with Gasteiger partial charge in [0.2, 0.25) is 11.7 Å². The van der Waals surface area contributed by atoms with Crippen LogP contribution >= 0.6 is 0 Å². The molecule has 0 radical (unpaired) electrons. The third-order valence-corrected chi connectivity index (χ3v) is 3.80. The van der Waals surface area contributed by atoms with Crippen LogP contribution in [0.4, 0.5) is 0 Å². The molecule has 1 fully saturated rings. The molecule has 1 aliphatic rings. The van der Waals surface area contributed by atoms with Crippen molar-refractivity contribution in [3.63, 3.8) is 0 Å². The van der Waals surface area contributed by atoms with E-state index < -0.39 is 23.1 Å². The molecule has 1 amide bonds. The normalized spacial score (nSPS) is 31.2. The molecule has 5 heteroatoms. The molecule has 2 unspecified atom stereocenters. The van der Waals surface area contributed by atoms with Gasteiger partial charge in [-0.25, -0.2) is 0 Å². The Hall–Kier alpha value is -1.10. The van der Waals surface area contributed by atoms with Crippen LogP contribution in [0.2, 0.25) is 0 Å². The second kappa shape index (κ2) is 4.29. The number of nitrogens with zero attached hydrogens (tertiary/aromatic N) is 1. The monoisotopic (exact) mass is 243 g/mol. The van der Waals surface area contributed by atoms with E-state index in [2.05, 4.69) is 0 Å². The molecular formula is C12H21NO4. The zero-order valence-corrected chi connectivity index (χ0v) is 11.1. The third-order valence-electron chi connectivity index (χ3n) is 3.80. The zero-order valence-electron chi connectivity index (χ0n) is 11.1. The van der Waals surface area contributed by atoms with Crippen molar-refractivity contribution in [3.05, 3.63) is 0 Å². The molecule has 1 N–H and O–H groups in total. The number of amides is 1. The first-order chi connectivity index (χ1) is 7.59. The van der Waals surface area contributed by atoms with Crippen molar-refractivity contribution >= 4 is 11.9 Å². The van der Waals surface area contributed by atoms with Gasteiger partial charge in [-0.2, -0.15) is 0 Å². The highest BCUT2D eigenvalue weighted by Crippen LogP contribution is 2.47. The summed E-state index contributed by atoms with van der Waals surface area (Å²) >= 11 is 0. The van der Waals surface area contributed by atoms with Gasteiger partial charge in [-0.15, -0.1) is 0 Å². The van der Waals surface area contributed by atoms with Crippen LogP contribution in [0, 0.1) is 11.3 Å². The lowest BCUT2D eigenvalue weighted by Gasteiger charge is -2.32. The first-order valence-corrected chi connectivity index (χ1v) is 5.75. The quantitative estimate of drug-likeness (QED) is 0.743. The summed E-state index contributed by atoms with van der Waals surface area (Å²) in [6.07, 6.45) is 0.686. The number of carbonyl (C=O) groups excluding carboxylic acids is 2. The summed E-state index contributed by atoms with van der Waals surface area (Å²) in [5.41, 5.74) is -0.684. The van der Waals surface area contributed by atoms with Gasteiger partial charge in [-0.1, -0.05) is 13.8 Å². The Balaban J connectivity index is 2.72. The highest BCUT2D eigenvalue weighted by Gasteiger charge is 2.57. The number of ether oxygens (including phenoxy) is 1. The maximum Gasteiger partial charge on any atom is 0.312 e. The number of aliphatic hydroxyl groups is 1. The van der Waals surface area contributed by atoms with E-state index in [9.17, 15) is 14.7 Å². The van der Waals surface area contributed by atoms with Crippen LogP contribution in [-0.2, 0) is 14.3 Å². The number of cyclic esters (lactones) is 1. The molecule has 1 rings (SSSR count). The molecule has 17 heavy (non-hydrogen) atoms. The molecular weight excluding hydrogens is 222 g/mol. The molecule has 0 aromatic carbocycles. The number of hydrogen-bond donors (Lipinski definition) is 1. The maximum absolute atomic E-state index is 11.7. The molecule has 1 aliphatic heterocycles. The van der Waals surface area contributed by atoms with E-state index in [1.807, 2.05) is 0 Å². The Morgan fingerprint density at radius 3 is 2.29 bits per heavy atom. The topological polar surface area (TPSA) is 66.8 Å². The van der Waals surface area contributed by atoms with E-state index in [1.54, 1.807) is 27.9 Å². The third kappa shape index (κ3) is 2.44. The fourth-order valence-corrected chi connectivity index (χ4v) is 1.99. The first-order valence-electron chi connectivity index (χ1n) is 5.75. The van der Waals surface area contributed by atoms with Crippen LogP contribution in [0.5, 0.6) is 0 Å². The predicted octanol–water partition coefficient (Wildman–Crippen LogP) is 0.762. The molecule has 2 atom stereocenters. The lowest BCUT2D eigenvalue weighted by atomic mass is 9.73. The highest BCUT2D eigenvalue weighted by molar-refractivity contribution is 5.79. The van der Waals surface area contributed by atoms with Crippen molar-refractivity contribution in [2.75, 3.05) is 14.1 Å². The Labute approximate surface area is 102 Å². The minimum absolute atomic E-state index is 0.0276. The van der Waals surface area contributed by atoms with E-state index in [0.717, 1.165) is 0 Å². The SMILES string of the molecule is CN(C)C(=O)CCC1C(=O)OC(C)(O)C1(C)C. The van der Waals surface area contributed by atoms with E-state index in [0.29, 0.717) is 6.42 Å². The van der Waals surface area contributed by atoms with Gasteiger partial charge in [-0.3, -0.25) is 9.59 Å². The number of rotatable bonds is 3. The summed E-state index contributed by atoms with van der Waals surface area (Å²) in [4.78, 5) is 24.7. The zero-order chi connectivity index (χ0) is 13.4. The average Bonchev–Trinajstić information content (AvgIpc) is 2.29. The molecule has 5 nitrogen and oxygen atoms in total. The smallest absolute Gasteiger partial charge is 0.312 e. The molecule has 0 aromatic rings. The largest absolute Gasteiger partial charge is 0.433 e. The molecule has 0 aromatic heterocycles. The van der Waals surface area contributed by atoms with Gasteiger partial charge in [0.15, 0.2) is 0 Å². The van der Waals surface area contributed by atoms with Crippen molar-refractivity contribution in [2.24, 2.45) is 11.3 Å². The highest BCUT2D eigenvalue weighted by atomic mass is 16.7. The summed E-state index contributed by atoms with van der Waals surface area (Å²) < 4.78 is 4.96. The lowest BCUT2D eigenvalue weighted by molar-refractivity contribution is -0.208. The van der Waals surface area contributed by atoms with E-state index in [-0.39, 0.29) is 12.3 Å². The molecule has 1 saturated heterocycles. The summed E-state index contributed by atoms with van der Waals surface area (Å²) in [6, 6.07) is 0. The fourth-order valence-electron chi connectivity index (χ4n) is 1.99. The molecule has 0 spiro atoms. The van der Waals surface area contributed by atoms with Crippen LogP contribution in [0.15, 0.2) is 0 Å². The summed E-state index contributed by atoms with van der Waals surface area (Å²) in [5.74, 6) is -2.36. The Kier molecular flexibility index (Phi) is 3.52. The van der Waals surface area contributed by atoms with Crippen molar-refractivity contribution in [2.45, 2.75) is 39.4 Å². The van der Waals surface area contributed by atoms with Gasteiger partial charge in [0.05, 0.1) is 5.92 Å². The molecule has 98 valence electrons. The predicted molar refractivity (Wildman–Crippen MR) is 61.9 cm³/mol. The van der Waals surface area contributed by atoms with Gasteiger partial charge < -0.3 is 14.7 Å². The van der Waals surface area contributed by atoms with Crippen LogP contribution in [0.1, 0.15) is 33.6 Å². The van der Waals surface area contributed by atoms with E-state index in [4.69, 9.17) is 4.74 Å². The second-order valence-electron chi connectivity index (χ2n) is 5.51. The Morgan fingerprint density at radius 2 is 1.94 bits per heavy atom. The van der Waals surface area contributed by atoms with Crippen LogP contribution in [0.3, 0.4) is 0 Å². The van der Waals surface area contributed by atoms with Crippen LogP contribution in [-0.4, -0.2) is 41.8 Å². The minimum Gasteiger partial charge on any atom is -0.433 e. The van der Waals surface area contributed by atoms with Gasteiger partial charge in [0, 0.05) is 32.9 Å². The van der Waals surface area contributed by atoms with Crippen molar-refractivity contribution in [1.82, 2.24) is 4.90 Å².